The predicted octanol–water partition coefficient (Wildman–Crippen LogP) is 1.73. The van der Waals surface area contributed by atoms with Crippen LogP contribution >= 0.6 is 0 Å². The first-order valence-corrected chi connectivity index (χ1v) is 6.22. The van der Waals surface area contributed by atoms with Crippen molar-refractivity contribution in [2.24, 2.45) is 0 Å². The van der Waals surface area contributed by atoms with Crippen molar-refractivity contribution in [3.8, 4) is 0 Å². The summed E-state index contributed by atoms with van der Waals surface area (Å²) in [5.41, 5.74) is 1.86. The third-order valence-corrected chi connectivity index (χ3v) is 3.18. The summed E-state index contributed by atoms with van der Waals surface area (Å²) < 4.78 is 5.30. The van der Waals surface area contributed by atoms with Crippen LogP contribution in [0.1, 0.15) is 18.4 Å². The summed E-state index contributed by atoms with van der Waals surface area (Å²) in [7, 11) is 0. The molecule has 0 amide bonds. The lowest BCUT2D eigenvalue weighted by Gasteiger charge is -2.30. The van der Waals surface area contributed by atoms with Gasteiger partial charge < -0.3 is 9.57 Å². The SMILES string of the molecule is O=C1/C=C/C(=O)ON2c3ccccc3CCCC2O1. The van der Waals surface area contributed by atoms with Crippen LogP contribution in [-0.4, -0.2) is 18.2 Å². The van der Waals surface area contributed by atoms with Crippen molar-refractivity contribution in [1.82, 2.24) is 0 Å². The number of carbonyl (C=O) groups is 2. The lowest BCUT2D eigenvalue weighted by molar-refractivity contribution is -0.158. The molecule has 3 rings (SSSR count). The molecule has 0 saturated heterocycles. The number of nitrogens with zero attached hydrogens (tertiary/aromatic N) is 1. The number of anilines is 1. The number of ether oxygens (including phenoxy) is 1. The first-order chi connectivity index (χ1) is 9.24. The molecule has 1 unspecified atom stereocenters. The van der Waals surface area contributed by atoms with Crippen LogP contribution in [0.4, 0.5) is 5.69 Å². The molecule has 0 spiro atoms. The lowest BCUT2D eigenvalue weighted by atomic mass is 10.1. The number of rotatable bonds is 0. The molecule has 98 valence electrons. The molecule has 19 heavy (non-hydrogen) atoms. The number of benzene rings is 1. The average molecular weight is 259 g/mol. The van der Waals surface area contributed by atoms with E-state index in [4.69, 9.17) is 9.57 Å². The van der Waals surface area contributed by atoms with Crippen LogP contribution in [0.15, 0.2) is 36.4 Å². The lowest BCUT2D eigenvalue weighted by Crippen LogP contribution is -2.40. The van der Waals surface area contributed by atoms with Crippen LogP contribution in [0.3, 0.4) is 0 Å². The van der Waals surface area contributed by atoms with E-state index in [1.54, 1.807) is 0 Å². The fourth-order valence-electron chi connectivity index (χ4n) is 2.33. The van der Waals surface area contributed by atoms with Gasteiger partial charge in [-0.1, -0.05) is 18.2 Å². The zero-order valence-corrected chi connectivity index (χ0v) is 10.2. The second-order valence-electron chi connectivity index (χ2n) is 4.48. The highest BCUT2D eigenvalue weighted by Gasteiger charge is 2.31. The third kappa shape index (κ3) is 2.31. The number of hydroxylamine groups is 1. The van der Waals surface area contributed by atoms with Crippen LogP contribution in [0.5, 0.6) is 0 Å². The number of carbonyl (C=O) groups excluding carboxylic acids is 2. The molecule has 5 nitrogen and oxygen atoms in total. The van der Waals surface area contributed by atoms with Gasteiger partial charge in [-0.25, -0.2) is 9.59 Å². The zero-order chi connectivity index (χ0) is 13.2. The van der Waals surface area contributed by atoms with Crippen LogP contribution in [0.25, 0.3) is 0 Å². The number of para-hydroxylation sites is 1. The van der Waals surface area contributed by atoms with E-state index < -0.39 is 18.2 Å². The van der Waals surface area contributed by atoms with Crippen molar-refractivity contribution >= 4 is 17.6 Å². The summed E-state index contributed by atoms with van der Waals surface area (Å²) in [6, 6.07) is 7.66. The number of hydrogen-bond donors (Lipinski definition) is 0. The monoisotopic (exact) mass is 259 g/mol. The molecular formula is C14H13NO4. The Balaban J connectivity index is 2.03. The van der Waals surface area contributed by atoms with Gasteiger partial charge in [-0.15, -0.1) is 0 Å². The molecule has 0 fully saturated rings. The summed E-state index contributed by atoms with van der Waals surface area (Å²) in [6.45, 7) is 0. The first kappa shape index (κ1) is 11.8. The Labute approximate surface area is 110 Å². The molecule has 1 atom stereocenters. The highest BCUT2D eigenvalue weighted by atomic mass is 16.7. The van der Waals surface area contributed by atoms with Crippen LogP contribution in [0, 0.1) is 0 Å². The maximum Gasteiger partial charge on any atom is 0.356 e. The van der Waals surface area contributed by atoms with E-state index in [0.717, 1.165) is 36.2 Å². The molecule has 1 aromatic rings. The van der Waals surface area contributed by atoms with Crippen molar-refractivity contribution in [2.45, 2.75) is 25.5 Å². The molecule has 2 aliphatic heterocycles. The average Bonchev–Trinajstić information content (AvgIpc) is 2.56. The van der Waals surface area contributed by atoms with Gasteiger partial charge in [0.15, 0.2) is 0 Å². The van der Waals surface area contributed by atoms with Crippen LogP contribution in [0.2, 0.25) is 0 Å². The quantitative estimate of drug-likeness (QED) is 0.664. The van der Waals surface area contributed by atoms with Crippen LogP contribution in [-0.2, 0) is 25.6 Å². The van der Waals surface area contributed by atoms with Crippen molar-refractivity contribution < 1.29 is 19.2 Å². The largest absolute Gasteiger partial charge is 0.435 e. The molecule has 0 radical (unpaired) electrons. The van der Waals surface area contributed by atoms with E-state index in [9.17, 15) is 9.59 Å². The molecule has 5 heteroatoms. The highest BCUT2D eigenvalue weighted by molar-refractivity contribution is 5.92. The Kier molecular flexibility index (Phi) is 2.95. The Morgan fingerprint density at radius 2 is 1.89 bits per heavy atom. The standard InChI is InChI=1S/C14H13NO4/c16-13-8-9-14(17)19-15-11-6-2-1-4-10(11)5-3-7-12(15)18-13/h1-2,4,6,8-9,12H,3,5,7H2/b9-8+. The highest BCUT2D eigenvalue weighted by Crippen LogP contribution is 2.30. The molecule has 0 saturated carbocycles. The van der Waals surface area contributed by atoms with Gasteiger partial charge in [0, 0.05) is 18.6 Å². The fraction of sp³-hybridized carbons (Fsp3) is 0.286. The maximum absolute atomic E-state index is 11.6. The minimum absolute atomic E-state index is 0.522. The second-order valence-corrected chi connectivity index (χ2v) is 4.48. The van der Waals surface area contributed by atoms with E-state index in [0.29, 0.717) is 6.42 Å². The number of hydrogen-bond acceptors (Lipinski definition) is 5. The van der Waals surface area contributed by atoms with Crippen molar-refractivity contribution in [3.63, 3.8) is 0 Å². The van der Waals surface area contributed by atoms with Crippen molar-refractivity contribution in [2.75, 3.05) is 5.06 Å². The first-order valence-electron chi connectivity index (χ1n) is 6.22. The van der Waals surface area contributed by atoms with E-state index in [2.05, 4.69) is 0 Å². The summed E-state index contributed by atoms with van der Waals surface area (Å²) in [5, 5.41) is 1.41. The van der Waals surface area contributed by atoms with Gasteiger partial charge in [0.25, 0.3) is 0 Å². The molecule has 2 aliphatic rings. The van der Waals surface area contributed by atoms with E-state index in [1.165, 1.54) is 5.06 Å². The molecular weight excluding hydrogens is 246 g/mol. The topological polar surface area (TPSA) is 55.8 Å². The predicted molar refractivity (Wildman–Crippen MR) is 67.0 cm³/mol. The number of esters is 1. The van der Waals surface area contributed by atoms with Crippen molar-refractivity contribution in [3.05, 3.63) is 42.0 Å². The van der Waals surface area contributed by atoms with E-state index in [-0.39, 0.29) is 0 Å². The summed E-state index contributed by atoms with van der Waals surface area (Å²) >= 11 is 0. The summed E-state index contributed by atoms with van der Waals surface area (Å²) in [6.07, 6.45) is 3.97. The summed E-state index contributed by atoms with van der Waals surface area (Å²) in [4.78, 5) is 28.4. The summed E-state index contributed by atoms with van der Waals surface area (Å²) in [5.74, 6) is -1.09. The van der Waals surface area contributed by atoms with E-state index >= 15 is 0 Å². The molecule has 0 aliphatic carbocycles. The molecule has 0 bridgehead atoms. The maximum atomic E-state index is 11.6. The Morgan fingerprint density at radius 1 is 1.11 bits per heavy atom. The zero-order valence-electron chi connectivity index (χ0n) is 10.2. The minimum atomic E-state index is -0.571. The van der Waals surface area contributed by atoms with Crippen LogP contribution < -0.4 is 5.06 Å². The van der Waals surface area contributed by atoms with Gasteiger partial charge in [0.1, 0.15) is 0 Å². The van der Waals surface area contributed by atoms with Gasteiger partial charge in [0.2, 0.25) is 6.23 Å². The molecule has 2 heterocycles. The Hall–Kier alpha value is -2.30. The fourth-order valence-corrected chi connectivity index (χ4v) is 2.33. The molecule has 1 aromatic carbocycles. The van der Waals surface area contributed by atoms with Crippen molar-refractivity contribution in [1.29, 1.82) is 0 Å². The van der Waals surface area contributed by atoms with Gasteiger partial charge in [-0.3, -0.25) is 0 Å². The Morgan fingerprint density at radius 3 is 2.79 bits per heavy atom. The Bertz CT molecular complexity index is 552. The van der Waals surface area contributed by atoms with Gasteiger partial charge >= 0.3 is 11.9 Å². The molecule has 0 N–H and O–H groups in total. The van der Waals surface area contributed by atoms with Gasteiger partial charge in [-0.05, 0) is 24.5 Å². The third-order valence-electron chi connectivity index (χ3n) is 3.18. The molecule has 0 aromatic heterocycles. The minimum Gasteiger partial charge on any atom is -0.435 e. The smallest absolute Gasteiger partial charge is 0.356 e. The second kappa shape index (κ2) is 4.76. The number of aryl methyl sites for hydroxylation is 1. The normalized spacial score (nSPS) is 24.0. The van der Waals surface area contributed by atoms with Gasteiger partial charge in [-0.2, -0.15) is 5.06 Å². The van der Waals surface area contributed by atoms with Gasteiger partial charge in [0.05, 0.1) is 5.69 Å². The van der Waals surface area contributed by atoms with E-state index in [1.807, 2.05) is 24.3 Å². The number of fused-ring (bicyclic) bond motifs is 3.